The zero-order valence-electron chi connectivity index (χ0n) is 14.2. The van der Waals surface area contributed by atoms with Gasteiger partial charge in [-0.05, 0) is 29.5 Å². The summed E-state index contributed by atoms with van der Waals surface area (Å²) < 4.78 is 0. The number of hydrogen-bond donors (Lipinski definition) is 0. The average Bonchev–Trinajstić information content (AvgIpc) is 3.27. The Balaban J connectivity index is 1.64. The number of hydrogen-bond acceptors (Lipinski definition) is 3. The molecule has 3 heteroatoms. The lowest BCUT2D eigenvalue weighted by molar-refractivity contribution is 0.356. The van der Waals surface area contributed by atoms with Crippen molar-refractivity contribution in [1.82, 2.24) is 14.9 Å². The van der Waals surface area contributed by atoms with Crippen molar-refractivity contribution >= 4 is 5.57 Å². The molecule has 2 aliphatic rings. The van der Waals surface area contributed by atoms with Gasteiger partial charge < -0.3 is 0 Å². The summed E-state index contributed by atoms with van der Waals surface area (Å²) in [4.78, 5) is 11.3. The number of rotatable bonds is 5. The Morgan fingerprint density at radius 3 is 2.75 bits per heavy atom. The molecule has 0 fully saturated rings. The lowest BCUT2D eigenvalue weighted by Gasteiger charge is -2.19. The zero-order valence-corrected chi connectivity index (χ0v) is 14.2. The highest BCUT2D eigenvalue weighted by molar-refractivity contribution is 5.80. The summed E-state index contributed by atoms with van der Waals surface area (Å²) in [5.74, 6) is 0.286. The van der Waals surface area contributed by atoms with Crippen molar-refractivity contribution in [1.29, 1.82) is 0 Å². The Morgan fingerprint density at radius 1 is 1.12 bits per heavy atom. The van der Waals surface area contributed by atoms with Gasteiger partial charge in [0.25, 0.3) is 0 Å². The maximum absolute atomic E-state index is 4.55. The van der Waals surface area contributed by atoms with Crippen LogP contribution in [0.1, 0.15) is 36.1 Å². The van der Waals surface area contributed by atoms with Gasteiger partial charge in [0.1, 0.15) is 0 Å². The number of fused-ring (bicyclic) bond motifs is 1. The number of aromatic nitrogens is 2. The van der Waals surface area contributed by atoms with E-state index in [9.17, 15) is 0 Å². The first-order valence-electron chi connectivity index (χ1n) is 8.76. The summed E-state index contributed by atoms with van der Waals surface area (Å²) >= 11 is 0. The third-order valence-electron chi connectivity index (χ3n) is 5.18. The molecule has 1 aromatic carbocycles. The first-order chi connectivity index (χ1) is 11.8. The molecule has 1 aromatic heterocycles. The minimum Gasteiger partial charge on any atom is -0.296 e. The highest BCUT2D eigenvalue weighted by atomic mass is 15.1. The topological polar surface area (TPSA) is 29.0 Å². The summed E-state index contributed by atoms with van der Waals surface area (Å²) in [6.07, 6.45) is 12.2. The Morgan fingerprint density at radius 2 is 1.96 bits per heavy atom. The second-order valence-electron chi connectivity index (χ2n) is 6.68. The fraction of sp³-hybridized carbons (Fsp3) is 0.333. The average molecular weight is 317 g/mol. The predicted octanol–water partition coefficient (Wildman–Crippen LogP) is 3.85. The van der Waals surface area contributed by atoms with Crippen molar-refractivity contribution in [3.05, 3.63) is 77.4 Å². The molecular formula is C21H23N3. The summed E-state index contributed by atoms with van der Waals surface area (Å²) in [5, 5.41) is 0. The van der Waals surface area contributed by atoms with E-state index in [1.807, 2.05) is 6.20 Å². The van der Waals surface area contributed by atoms with Gasteiger partial charge in [-0.15, -0.1) is 0 Å². The largest absolute Gasteiger partial charge is 0.296 e. The van der Waals surface area contributed by atoms with Crippen molar-refractivity contribution in [2.24, 2.45) is 0 Å². The maximum atomic E-state index is 4.55. The minimum absolute atomic E-state index is 0.286. The SMILES string of the molecule is CC(C1=C(CCN2CC=CC2)Cc2ccccc21)c1cnccn1. The molecule has 3 nitrogen and oxygen atoms in total. The molecule has 1 aliphatic carbocycles. The minimum atomic E-state index is 0.286. The first-order valence-corrected chi connectivity index (χ1v) is 8.76. The molecule has 4 rings (SSSR count). The Kier molecular flexibility index (Phi) is 4.26. The fourth-order valence-corrected chi connectivity index (χ4v) is 3.89. The van der Waals surface area contributed by atoms with Gasteiger partial charge in [0.15, 0.2) is 0 Å². The van der Waals surface area contributed by atoms with Gasteiger partial charge in [-0.25, -0.2) is 0 Å². The molecule has 0 saturated carbocycles. The molecule has 0 saturated heterocycles. The predicted molar refractivity (Wildman–Crippen MR) is 97.7 cm³/mol. The first kappa shape index (κ1) is 15.3. The maximum Gasteiger partial charge on any atom is 0.0658 e. The van der Waals surface area contributed by atoms with Crippen molar-refractivity contribution in [3.63, 3.8) is 0 Å². The van der Waals surface area contributed by atoms with Crippen LogP contribution >= 0.6 is 0 Å². The smallest absolute Gasteiger partial charge is 0.0658 e. The van der Waals surface area contributed by atoms with E-state index >= 15 is 0 Å². The van der Waals surface area contributed by atoms with Gasteiger partial charge in [0.2, 0.25) is 0 Å². The molecule has 1 unspecified atom stereocenters. The normalized spacial score (nSPS) is 18.2. The van der Waals surface area contributed by atoms with E-state index < -0.39 is 0 Å². The highest BCUT2D eigenvalue weighted by Crippen LogP contribution is 2.42. The molecule has 0 radical (unpaired) electrons. The third kappa shape index (κ3) is 2.92. The van der Waals surface area contributed by atoms with Crippen LogP contribution in [0.3, 0.4) is 0 Å². The van der Waals surface area contributed by atoms with Gasteiger partial charge in [-0.1, -0.05) is 48.9 Å². The Labute approximate surface area is 143 Å². The van der Waals surface area contributed by atoms with Crippen LogP contribution in [0.2, 0.25) is 0 Å². The van der Waals surface area contributed by atoms with Crippen LogP contribution in [-0.2, 0) is 6.42 Å². The van der Waals surface area contributed by atoms with E-state index in [-0.39, 0.29) is 5.92 Å². The van der Waals surface area contributed by atoms with E-state index in [2.05, 4.69) is 58.2 Å². The molecule has 1 atom stereocenters. The fourth-order valence-electron chi connectivity index (χ4n) is 3.89. The van der Waals surface area contributed by atoms with E-state index in [1.165, 1.54) is 16.7 Å². The summed E-state index contributed by atoms with van der Waals surface area (Å²) in [6, 6.07) is 8.83. The highest BCUT2D eigenvalue weighted by Gasteiger charge is 2.26. The van der Waals surface area contributed by atoms with Gasteiger partial charge in [-0.2, -0.15) is 0 Å². The second-order valence-corrected chi connectivity index (χ2v) is 6.68. The van der Waals surface area contributed by atoms with E-state index in [0.717, 1.165) is 38.2 Å². The quantitative estimate of drug-likeness (QED) is 0.784. The summed E-state index contributed by atoms with van der Waals surface area (Å²) in [6.45, 7) is 5.58. The lowest BCUT2D eigenvalue weighted by Crippen LogP contribution is -2.21. The molecule has 1 aliphatic heterocycles. The van der Waals surface area contributed by atoms with Crippen LogP contribution in [-0.4, -0.2) is 34.5 Å². The molecule has 0 bridgehead atoms. The molecule has 2 aromatic rings. The molecular weight excluding hydrogens is 294 g/mol. The summed E-state index contributed by atoms with van der Waals surface area (Å²) in [7, 11) is 0. The lowest BCUT2D eigenvalue weighted by atomic mass is 9.90. The van der Waals surface area contributed by atoms with Crippen LogP contribution in [0.25, 0.3) is 5.57 Å². The van der Waals surface area contributed by atoms with Crippen LogP contribution in [0, 0.1) is 0 Å². The zero-order chi connectivity index (χ0) is 16.4. The van der Waals surface area contributed by atoms with Crippen molar-refractivity contribution in [3.8, 4) is 0 Å². The molecule has 0 spiro atoms. The van der Waals surface area contributed by atoms with Gasteiger partial charge in [0, 0.05) is 44.1 Å². The van der Waals surface area contributed by atoms with Gasteiger partial charge in [0.05, 0.1) is 5.69 Å². The van der Waals surface area contributed by atoms with E-state index in [4.69, 9.17) is 0 Å². The number of benzene rings is 1. The molecule has 2 heterocycles. The molecule has 122 valence electrons. The number of nitrogens with zero attached hydrogens (tertiary/aromatic N) is 3. The molecule has 0 amide bonds. The number of allylic oxidation sites excluding steroid dienone is 1. The van der Waals surface area contributed by atoms with E-state index in [0.29, 0.717) is 0 Å². The van der Waals surface area contributed by atoms with Crippen LogP contribution in [0.15, 0.2) is 60.6 Å². The Hall–Kier alpha value is -2.26. The van der Waals surface area contributed by atoms with Crippen molar-refractivity contribution in [2.75, 3.05) is 19.6 Å². The second kappa shape index (κ2) is 6.70. The Bertz CT molecular complexity index is 769. The van der Waals surface area contributed by atoms with Gasteiger partial charge in [-0.3, -0.25) is 14.9 Å². The standard InChI is InChI=1S/C21H23N3/c1-16(20-15-22-9-10-23-20)21-18(8-13-24-11-4-5-12-24)14-17-6-2-3-7-19(17)21/h2-7,9-10,15-16H,8,11-14H2,1H3. The van der Waals surface area contributed by atoms with Gasteiger partial charge >= 0.3 is 0 Å². The van der Waals surface area contributed by atoms with Crippen LogP contribution in [0.5, 0.6) is 0 Å². The monoisotopic (exact) mass is 317 g/mol. The van der Waals surface area contributed by atoms with Crippen molar-refractivity contribution in [2.45, 2.75) is 25.7 Å². The third-order valence-corrected chi connectivity index (χ3v) is 5.18. The van der Waals surface area contributed by atoms with E-state index in [1.54, 1.807) is 18.0 Å². The van der Waals surface area contributed by atoms with Crippen LogP contribution in [0.4, 0.5) is 0 Å². The van der Waals surface area contributed by atoms with Crippen LogP contribution < -0.4 is 0 Å². The summed E-state index contributed by atoms with van der Waals surface area (Å²) in [5.41, 5.74) is 6.96. The molecule has 0 N–H and O–H groups in total. The molecule has 24 heavy (non-hydrogen) atoms. The van der Waals surface area contributed by atoms with Crippen molar-refractivity contribution < 1.29 is 0 Å².